The van der Waals surface area contributed by atoms with E-state index in [1.807, 2.05) is 6.92 Å². The van der Waals surface area contributed by atoms with Crippen LogP contribution >= 0.6 is 0 Å². The number of aryl methyl sites for hydroxylation is 1. The van der Waals surface area contributed by atoms with Crippen LogP contribution in [0.15, 0.2) is 33.5 Å². The molecule has 0 aliphatic carbocycles. The monoisotopic (exact) mass is 333 g/mol. The van der Waals surface area contributed by atoms with E-state index in [2.05, 4.69) is 5.32 Å². The van der Waals surface area contributed by atoms with Crippen LogP contribution in [0, 0.1) is 0 Å². The third-order valence-electron chi connectivity index (χ3n) is 3.59. The van der Waals surface area contributed by atoms with E-state index in [0.717, 1.165) is 10.9 Å². The Bertz CT molecular complexity index is 825. The molecule has 1 heterocycles. The van der Waals surface area contributed by atoms with Crippen LogP contribution in [0.4, 0.5) is 0 Å². The van der Waals surface area contributed by atoms with Crippen LogP contribution in [0.25, 0.3) is 11.0 Å². The number of amides is 1. The molecule has 2 atom stereocenters. The van der Waals surface area contributed by atoms with Gasteiger partial charge < -0.3 is 19.6 Å². The average molecular weight is 333 g/mol. The first-order valence-electron chi connectivity index (χ1n) is 7.58. The number of hydrogen-bond acceptors (Lipinski definition) is 5. The van der Waals surface area contributed by atoms with Crippen molar-refractivity contribution in [2.75, 3.05) is 0 Å². The first-order chi connectivity index (χ1) is 11.3. The van der Waals surface area contributed by atoms with E-state index in [4.69, 9.17) is 14.3 Å². The maximum Gasteiger partial charge on any atom is 0.336 e. The molecule has 0 spiro atoms. The van der Waals surface area contributed by atoms with E-state index in [1.165, 1.54) is 19.9 Å². The van der Waals surface area contributed by atoms with Gasteiger partial charge in [0.25, 0.3) is 5.91 Å². The van der Waals surface area contributed by atoms with Gasteiger partial charge in [0.15, 0.2) is 6.10 Å². The maximum atomic E-state index is 11.9. The summed E-state index contributed by atoms with van der Waals surface area (Å²) in [5, 5.41) is 11.9. The van der Waals surface area contributed by atoms with E-state index in [9.17, 15) is 14.4 Å². The zero-order chi connectivity index (χ0) is 17.9. The van der Waals surface area contributed by atoms with E-state index in [0.29, 0.717) is 17.8 Å². The molecule has 1 aromatic carbocycles. The molecule has 24 heavy (non-hydrogen) atoms. The van der Waals surface area contributed by atoms with Crippen LogP contribution < -0.4 is 15.7 Å². The molecule has 0 saturated carbocycles. The first-order valence-corrected chi connectivity index (χ1v) is 7.58. The average Bonchev–Trinajstić information content (AvgIpc) is 2.53. The first kappa shape index (κ1) is 17.5. The van der Waals surface area contributed by atoms with Gasteiger partial charge >= 0.3 is 11.6 Å². The highest BCUT2D eigenvalue weighted by atomic mass is 16.5. The van der Waals surface area contributed by atoms with E-state index < -0.39 is 29.6 Å². The lowest BCUT2D eigenvalue weighted by Gasteiger charge is -2.16. The fraction of sp³-hybridized carbons (Fsp3) is 0.353. The predicted molar refractivity (Wildman–Crippen MR) is 87.2 cm³/mol. The second-order valence-corrected chi connectivity index (χ2v) is 5.43. The molecule has 0 saturated heterocycles. The van der Waals surface area contributed by atoms with Crippen molar-refractivity contribution >= 4 is 22.8 Å². The number of carbonyl (C=O) groups is 2. The van der Waals surface area contributed by atoms with E-state index >= 15 is 0 Å². The zero-order valence-corrected chi connectivity index (χ0v) is 13.7. The molecule has 0 fully saturated rings. The molecule has 2 N–H and O–H groups in total. The Morgan fingerprint density at radius 3 is 2.62 bits per heavy atom. The normalized spacial score (nSPS) is 13.3. The van der Waals surface area contributed by atoms with Gasteiger partial charge in [-0.3, -0.25) is 9.59 Å². The van der Waals surface area contributed by atoms with Crippen LogP contribution in [-0.4, -0.2) is 29.1 Å². The van der Waals surface area contributed by atoms with Crippen molar-refractivity contribution < 1.29 is 23.8 Å². The van der Waals surface area contributed by atoms with Crippen LogP contribution in [0.5, 0.6) is 5.75 Å². The maximum absolute atomic E-state index is 11.9. The second-order valence-electron chi connectivity index (χ2n) is 5.43. The summed E-state index contributed by atoms with van der Waals surface area (Å²) in [5.74, 6) is -1.33. The van der Waals surface area contributed by atoms with Crippen molar-refractivity contribution in [2.24, 2.45) is 0 Å². The van der Waals surface area contributed by atoms with Gasteiger partial charge in [-0.2, -0.15) is 0 Å². The molecule has 0 aliphatic rings. The van der Waals surface area contributed by atoms with Crippen molar-refractivity contribution in [3.8, 4) is 5.75 Å². The molecule has 2 aromatic rings. The molecule has 0 radical (unpaired) electrons. The number of carboxylic acids is 1. The molecular weight excluding hydrogens is 314 g/mol. The van der Waals surface area contributed by atoms with Gasteiger partial charge in [-0.1, -0.05) is 6.92 Å². The summed E-state index contributed by atoms with van der Waals surface area (Å²) in [6.45, 7) is 4.81. The third kappa shape index (κ3) is 3.92. The SMILES string of the molecule is CCc1cc(=O)oc2cc(O[C@H](C)C(=O)N[C@@H](C)C(=O)O)ccc12. The molecule has 128 valence electrons. The molecule has 7 heteroatoms. The summed E-state index contributed by atoms with van der Waals surface area (Å²) in [4.78, 5) is 34.2. The summed E-state index contributed by atoms with van der Waals surface area (Å²) in [7, 11) is 0. The van der Waals surface area contributed by atoms with Crippen LogP contribution in [0.3, 0.4) is 0 Å². The Hall–Kier alpha value is -2.83. The molecule has 0 bridgehead atoms. The number of nitrogens with one attached hydrogen (secondary N) is 1. The van der Waals surface area contributed by atoms with Crippen LogP contribution in [0.2, 0.25) is 0 Å². The number of aliphatic carboxylic acids is 1. The van der Waals surface area contributed by atoms with Gasteiger partial charge in [0.2, 0.25) is 0 Å². The van der Waals surface area contributed by atoms with Gasteiger partial charge in [-0.25, -0.2) is 4.79 Å². The number of fused-ring (bicyclic) bond motifs is 1. The van der Waals surface area contributed by atoms with Gasteiger partial charge in [0.1, 0.15) is 17.4 Å². The lowest BCUT2D eigenvalue weighted by Crippen LogP contribution is -2.44. The second kappa shape index (κ2) is 7.16. The highest BCUT2D eigenvalue weighted by Crippen LogP contribution is 2.23. The number of carboxylic acid groups (broad SMARTS) is 1. The molecule has 0 unspecified atom stereocenters. The van der Waals surface area contributed by atoms with Crippen molar-refractivity contribution in [1.29, 1.82) is 0 Å². The number of benzene rings is 1. The van der Waals surface area contributed by atoms with Gasteiger partial charge in [0, 0.05) is 17.5 Å². The number of carbonyl (C=O) groups excluding carboxylic acids is 1. The molecular formula is C17H19NO6. The van der Waals surface area contributed by atoms with E-state index in [-0.39, 0.29) is 0 Å². The fourth-order valence-corrected chi connectivity index (χ4v) is 2.23. The summed E-state index contributed by atoms with van der Waals surface area (Å²) >= 11 is 0. The zero-order valence-electron chi connectivity index (χ0n) is 13.7. The van der Waals surface area contributed by atoms with Crippen LogP contribution in [0.1, 0.15) is 26.3 Å². The lowest BCUT2D eigenvalue weighted by molar-refractivity contribution is -0.142. The number of hydrogen-bond donors (Lipinski definition) is 2. The Morgan fingerprint density at radius 2 is 2.00 bits per heavy atom. The van der Waals surface area contributed by atoms with Gasteiger partial charge in [-0.05, 0) is 38.0 Å². The Kier molecular flexibility index (Phi) is 5.23. The van der Waals surface area contributed by atoms with Gasteiger partial charge in [0.05, 0.1) is 0 Å². The van der Waals surface area contributed by atoms with Crippen molar-refractivity contribution in [2.45, 2.75) is 39.3 Å². The number of ether oxygens (including phenoxy) is 1. The van der Waals surface area contributed by atoms with Crippen molar-refractivity contribution in [3.63, 3.8) is 0 Å². The highest BCUT2D eigenvalue weighted by Gasteiger charge is 2.20. The van der Waals surface area contributed by atoms with Crippen LogP contribution in [-0.2, 0) is 16.0 Å². The summed E-state index contributed by atoms with van der Waals surface area (Å²) in [5.41, 5.74) is 0.801. The topological polar surface area (TPSA) is 106 Å². The minimum Gasteiger partial charge on any atom is -0.481 e. The summed E-state index contributed by atoms with van der Waals surface area (Å²) in [6.07, 6.45) is -0.209. The smallest absolute Gasteiger partial charge is 0.336 e. The molecule has 7 nitrogen and oxygen atoms in total. The molecule has 0 aliphatic heterocycles. The van der Waals surface area contributed by atoms with Crippen molar-refractivity contribution in [3.05, 3.63) is 40.2 Å². The lowest BCUT2D eigenvalue weighted by atomic mass is 10.1. The minimum absolute atomic E-state index is 0.351. The van der Waals surface area contributed by atoms with Crippen molar-refractivity contribution in [1.82, 2.24) is 5.32 Å². The third-order valence-corrected chi connectivity index (χ3v) is 3.59. The summed E-state index contributed by atoms with van der Waals surface area (Å²) in [6, 6.07) is 5.42. The minimum atomic E-state index is -1.13. The fourth-order valence-electron chi connectivity index (χ4n) is 2.23. The Labute approximate surface area is 138 Å². The quantitative estimate of drug-likeness (QED) is 0.780. The standard InChI is InChI=1S/C17H19NO6/c1-4-11-7-15(19)24-14-8-12(5-6-13(11)14)23-10(3)16(20)18-9(2)17(21)22/h5-10H,4H2,1-3H3,(H,18,20)(H,21,22)/t9-,10+/m0/s1. The van der Waals surface area contributed by atoms with E-state index in [1.54, 1.807) is 18.2 Å². The molecule has 1 amide bonds. The molecule has 2 rings (SSSR count). The summed E-state index contributed by atoms with van der Waals surface area (Å²) < 4.78 is 10.7. The number of rotatable bonds is 6. The largest absolute Gasteiger partial charge is 0.481 e. The Morgan fingerprint density at radius 1 is 1.29 bits per heavy atom. The Balaban J connectivity index is 2.19. The highest BCUT2D eigenvalue weighted by molar-refractivity contribution is 5.86. The molecule has 1 aromatic heterocycles. The van der Waals surface area contributed by atoms with Gasteiger partial charge in [-0.15, -0.1) is 0 Å². The predicted octanol–water partition coefficient (Wildman–Crippen LogP) is 1.71.